The zero-order valence-corrected chi connectivity index (χ0v) is 20.5. The van der Waals surface area contributed by atoms with E-state index in [0.717, 1.165) is 10.2 Å². The second-order valence-electron chi connectivity index (χ2n) is 6.21. The molecule has 0 atom stereocenters. The SMILES string of the molecule is COc1ccc(NC(N)=NCC(C)(C)Sc2ccc(Br)cc2)cc1OC.I. The fourth-order valence-corrected chi connectivity index (χ4v) is 3.53. The average Bonchev–Trinajstić information content (AvgIpc) is 2.62. The molecule has 0 saturated heterocycles. The summed E-state index contributed by atoms with van der Waals surface area (Å²) in [6.45, 7) is 4.87. The van der Waals surface area contributed by atoms with Crippen LogP contribution in [0.15, 0.2) is 56.8 Å². The minimum absolute atomic E-state index is 0. The number of benzene rings is 2. The highest BCUT2D eigenvalue weighted by atomic mass is 127. The van der Waals surface area contributed by atoms with E-state index in [9.17, 15) is 0 Å². The van der Waals surface area contributed by atoms with Crippen LogP contribution in [0.1, 0.15) is 13.8 Å². The molecule has 2 aromatic rings. The van der Waals surface area contributed by atoms with Crippen LogP contribution in [0.3, 0.4) is 0 Å². The third-order valence-electron chi connectivity index (χ3n) is 3.49. The molecule has 3 N–H and O–H groups in total. The molecule has 0 aromatic heterocycles. The Labute approximate surface area is 190 Å². The quantitative estimate of drug-likeness (QED) is 0.204. The van der Waals surface area contributed by atoms with Gasteiger partial charge in [-0.2, -0.15) is 0 Å². The molecule has 0 aliphatic heterocycles. The summed E-state index contributed by atoms with van der Waals surface area (Å²) in [4.78, 5) is 5.68. The topological polar surface area (TPSA) is 68.9 Å². The summed E-state index contributed by atoms with van der Waals surface area (Å²) in [6, 6.07) is 13.8. The van der Waals surface area contributed by atoms with E-state index in [1.807, 2.05) is 30.3 Å². The summed E-state index contributed by atoms with van der Waals surface area (Å²) in [6.07, 6.45) is 0. The van der Waals surface area contributed by atoms with Crippen molar-refractivity contribution in [2.45, 2.75) is 23.5 Å². The van der Waals surface area contributed by atoms with E-state index in [0.29, 0.717) is 24.0 Å². The van der Waals surface area contributed by atoms with Gasteiger partial charge in [0.15, 0.2) is 17.5 Å². The van der Waals surface area contributed by atoms with Crippen LogP contribution in [0, 0.1) is 0 Å². The van der Waals surface area contributed by atoms with Crippen molar-refractivity contribution in [3.05, 3.63) is 46.9 Å². The largest absolute Gasteiger partial charge is 0.493 e. The van der Waals surface area contributed by atoms with Crippen LogP contribution in [0.4, 0.5) is 5.69 Å². The van der Waals surface area contributed by atoms with E-state index >= 15 is 0 Å². The number of ether oxygens (including phenoxy) is 2. The van der Waals surface area contributed by atoms with Gasteiger partial charge in [0.1, 0.15) is 0 Å². The molecule has 8 heteroatoms. The Balaban J connectivity index is 0.00000364. The first-order valence-corrected chi connectivity index (χ1v) is 9.67. The van der Waals surface area contributed by atoms with Gasteiger partial charge in [0.25, 0.3) is 0 Å². The Morgan fingerprint density at radius 2 is 1.74 bits per heavy atom. The number of nitrogens with one attached hydrogen (secondary N) is 1. The number of nitrogens with zero attached hydrogens (tertiary/aromatic N) is 1. The molecule has 0 bridgehead atoms. The smallest absolute Gasteiger partial charge is 0.193 e. The van der Waals surface area contributed by atoms with E-state index < -0.39 is 0 Å². The van der Waals surface area contributed by atoms with Crippen LogP contribution in [0.2, 0.25) is 0 Å². The summed E-state index contributed by atoms with van der Waals surface area (Å²) in [5.74, 6) is 1.67. The van der Waals surface area contributed by atoms with E-state index in [4.69, 9.17) is 15.2 Å². The lowest BCUT2D eigenvalue weighted by atomic mass is 10.2. The maximum atomic E-state index is 6.04. The lowest BCUT2D eigenvalue weighted by Crippen LogP contribution is -2.27. The number of rotatable bonds is 7. The Morgan fingerprint density at radius 1 is 1.11 bits per heavy atom. The number of guanidine groups is 1. The molecule has 0 aliphatic carbocycles. The molecular weight excluding hydrogens is 541 g/mol. The predicted octanol–water partition coefficient (Wildman–Crippen LogP) is 5.38. The van der Waals surface area contributed by atoms with Crippen molar-refractivity contribution >= 4 is 63.3 Å². The van der Waals surface area contributed by atoms with Crippen LogP contribution in [0.25, 0.3) is 0 Å². The standard InChI is InChI=1S/C19H24BrN3O2S.HI/c1-19(2,26-15-8-5-13(20)6-9-15)12-22-18(21)23-14-7-10-16(24-3)17(11-14)25-4;/h5-11H,12H2,1-4H3,(H3,21,22,23);1H. The van der Waals surface area contributed by atoms with Crippen molar-refractivity contribution in [2.75, 3.05) is 26.1 Å². The molecule has 27 heavy (non-hydrogen) atoms. The minimum atomic E-state index is -0.0856. The number of aliphatic imine (C=N–C) groups is 1. The summed E-state index contributed by atoms with van der Waals surface area (Å²) >= 11 is 5.22. The lowest BCUT2D eigenvalue weighted by Gasteiger charge is -2.22. The second-order valence-corrected chi connectivity index (χ2v) is 8.91. The van der Waals surface area contributed by atoms with Crippen LogP contribution >= 0.6 is 51.7 Å². The number of anilines is 1. The number of hydrogen-bond donors (Lipinski definition) is 2. The first kappa shape index (κ1) is 23.9. The average molecular weight is 566 g/mol. The maximum absolute atomic E-state index is 6.04. The molecular formula is C19H25BrIN3O2S. The van der Waals surface area contributed by atoms with Gasteiger partial charge >= 0.3 is 0 Å². The fourth-order valence-electron chi connectivity index (χ4n) is 2.23. The molecule has 0 unspecified atom stereocenters. The Hall–Kier alpha value is -1.13. The van der Waals surface area contributed by atoms with E-state index in [2.05, 4.69) is 52.2 Å². The van der Waals surface area contributed by atoms with Gasteiger partial charge < -0.3 is 20.5 Å². The Bertz CT molecular complexity index is 770. The Morgan fingerprint density at radius 3 is 2.33 bits per heavy atom. The molecule has 0 saturated carbocycles. The van der Waals surface area contributed by atoms with Crippen LogP contribution in [-0.4, -0.2) is 31.5 Å². The normalized spacial score (nSPS) is 11.5. The van der Waals surface area contributed by atoms with Crippen LogP contribution in [-0.2, 0) is 0 Å². The second kappa shape index (κ2) is 11.0. The van der Waals surface area contributed by atoms with Gasteiger partial charge in [0, 0.05) is 25.9 Å². The van der Waals surface area contributed by atoms with Crippen LogP contribution in [0.5, 0.6) is 11.5 Å². The third kappa shape index (κ3) is 7.79. The highest BCUT2D eigenvalue weighted by Gasteiger charge is 2.19. The fraction of sp³-hybridized carbons (Fsp3) is 0.316. The lowest BCUT2D eigenvalue weighted by molar-refractivity contribution is 0.355. The van der Waals surface area contributed by atoms with Crippen molar-refractivity contribution in [3.8, 4) is 11.5 Å². The van der Waals surface area contributed by atoms with Gasteiger partial charge in [-0.25, -0.2) is 0 Å². The van der Waals surface area contributed by atoms with Crippen molar-refractivity contribution in [1.82, 2.24) is 0 Å². The van der Waals surface area contributed by atoms with Crippen molar-refractivity contribution < 1.29 is 9.47 Å². The van der Waals surface area contributed by atoms with E-state index in [1.165, 1.54) is 4.90 Å². The third-order valence-corrected chi connectivity index (χ3v) is 5.21. The molecule has 2 aromatic carbocycles. The minimum Gasteiger partial charge on any atom is -0.493 e. The zero-order valence-electron chi connectivity index (χ0n) is 15.8. The van der Waals surface area contributed by atoms with E-state index in [1.54, 1.807) is 26.0 Å². The summed E-state index contributed by atoms with van der Waals surface area (Å²) in [5.41, 5.74) is 6.83. The number of halogens is 2. The van der Waals surface area contributed by atoms with Gasteiger partial charge in [-0.1, -0.05) is 15.9 Å². The van der Waals surface area contributed by atoms with Crippen molar-refractivity contribution in [2.24, 2.45) is 10.7 Å². The molecule has 0 heterocycles. The first-order chi connectivity index (χ1) is 12.3. The van der Waals surface area contributed by atoms with Gasteiger partial charge in [0.05, 0.1) is 20.8 Å². The highest BCUT2D eigenvalue weighted by molar-refractivity contribution is 14.0. The molecule has 0 spiro atoms. The van der Waals surface area contributed by atoms with Gasteiger partial charge in [0.2, 0.25) is 0 Å². The first-order valence-electron chi connectivity index (χ1n) is 8.06. The molecule has 0 amide bonds. The highest BCUT2D eigenvalue weighted by Crippen LogP contribution is 2.33. The summed E-state index contributed by atoms with van der Waals surface area (Å²) < 4.78 is 11.5. The van der Waals surface area contributed by atoms with E-state index in [-0.39, 0.29) is 28.7 Å². The molecule has 148 valence electrons. The van der Waals surface area contributed by atoms with Gasteiger partial charge in [-0.15, -0.1) is 35.7 Å². The molecule has 2 rings (SSSR count). The molecule has 0 aliphatic rings. The number of nitrogens with two attached hydrogens (primary N) is 1. The van der Waals surface area contributed by atoms with Gasteiger partial charge in [-0.3, -0.25) is 4.99 Å². The maximum Gasteiger partial charge on any atom is 0.193 e. The molecule has 5 nitrogen and oxygen atoms in total. The summed E-state index contributed by atoms with van der Waals surface area (Å²) in [5, 5.41) is 3.09. The van der Waals surface area contributed by atoms with Crippen molar-refractivity contribution in [3.63, 3.8) is 0 Å². The number of methoxy groups -OCH3 is 2. The molecule has 0 radical (unpaired) electrons. The summed E-state index contributed by atoms with van der Waals surface area (Å²) in [7, 11) is 3.20. The van der Waals surface area contributed by atoms with Crippen molar-refractivity contribution in [1.29, 1.82) is 0 Å². The monoisotopic (exact) mass is 565 g/mol. The van der Waals surface area contributed by atoms with Crippen LogP contribution < -0.4 is 20.5 Å². The number of thioether (sulfide) groups is 1. The molecule has 0 fully saturated rings. The predicted molar refractivity (Wildman–Crippen MR) is 129 cm³/mol. The number of hydrogen-bond acceptors (Lipinski definition) is 4. The Kier molecular flexibility index (Phi) is 9.75. The van der Waals surface area contributed by atoms with Gasteiger partial charge in [-0.05, 0) is 50.2 Å². The zero-order chi connectivity index (χ0) is 19.2.